The highest BCUT2D eigenvalue weighted by Crippen LogP contribution is 2.20. The Balaban J connectivity index is 2.04. The Kier molecular flexibility index (Phi) is 4.52. The summed E-state index contributed by atoms with van der Waals surface area (Å²) >= 11 is 0. The van der Waals surface area contributed by atoms with E-state index in [0.29, 0.717) is 5.69 Å². The van der Waals surface area contributed by atoms with Crippen LogP contribution in [-0.4, -0.2) is 24.0 Å². The smallest absolute Gasteiger partial charge is 0.232 e. The second kappa shape index (κ2) is 6.17. The first-order valence-electron chi connectivity index (χ1n) is 6.75. The van der Waals surface area contributed by atoms with Crippen LogP contribution in [0.5, 0.6) is 0 Å². The van der Waals surface area contributed by atoms with E-state index in [-0.39, 0.29) is 11.8 Å². The highest BCUT2D eigenvalue weighted by molar-refractivity contribution is 7.92. The molecule has 0 aliphatic heterocycles. The number of aryl methyl sites for hydroxylation is 1. The highest BCUT2D eigenvalue weighted by atomic mass is 32.2. The lowest BCUT2D eigenvalue weighted by Crippen LogP contribution is -2.14. The molecule has 1 heterocycles. The SMILES string of the molecule is CCS(=O)(=O)Nc1ccc(C(C)Nc2cnn(C)c2)cc1. The molecule has 0 saturated carbocycles. The van der Waals surface area contributed by atoms with Crippen molar-refractivity contribution in [3.63, 3.8) is 0 Å². The maximum absolute atomic E-state index is 11.5. The molecule has 2 aromatic rings. The van der Waals surface area contributed by atoms with Crippen LogP contribution >= 0.6 is 0 Å². The summed E-state index contributed by atoms with van der Waals surface area (Å²) in [4.78, 5) is 0. The Labute approximate surface area is 125 Å². The third-order valence-corrected chi connectivity index (χ3v) is 4.46. The first kappa shape index (κ1) is 15.4. The highest BCUT2D eigenvalue weighted by Gasteiger charge is 2.09. The molecule has 0 saturated heterocycles. The number of nitrogens with one attached hydrogen (secondary N) is 2. The van der Waals surface area contributed by atoms with E-state index in [9.17, 15) is 8.42 Å². The van der Waals surface area contributed by atoms with Crippen LogP contribution < -0.4 is 10.0 Å². The number of anilines is 2. The number of nitrogens with zero attached hydrogens (tertiary/aromatic N) is 2. The summed E-state index contributed by atoms with van der Waals surface area (Å²) in [6.45, 7) is 3.65. The minimum Gasteiger partial charge on any atom is -0.376 e. The topological polar surface area (TPSA) is 76.0 Å². The fourth-order valence-corrected chi connectivity index (χ4v) is 2.56. The summed E-state index contributed by atoms with van der Waals surface area (Å²) < 4.78 is 27.3. The summed E-state index contributed by atoms with van der Waals surface area (Å²) in [6, 6.07) is 7.45. The standard InChI is InChI=1S/C14H20N4O2S/c1-4-21(19,20)17-13-7-5-12(6-8-13)11(2)16-14-9-15-18(3)10-14/h5-11,16-17H,4H2,1-3H3. The van der Waals surface area contributed by atoms with Gasteiger partial charge in [0.05, 0.1) is 17.6 Å². The number of sulfonamides is 1. The lowest BCUT2D eigenvalue weighted by molar-refractivity contribution is 0.602. The van der Waals surface area contributed by atoms with Gasteiger partial charge < -0.3 is 5.32 Å². The van der Waals surface area contributed by atoms with Crippen LogP contribution in [0.2, 0.25) is 0 Å². The lowest BCUT2D eigenvalue weighted by atomic mass is 10.1. The third kappa shape index (κ3) is 4.22. The van der Waals surface area contributed by atoms with E-state index < -0.39 is 10.0 Å². The van der Waals surface area contributed by atoms with Gasteiger partial charge in [-0.3, -0.25) is 9.40 Å². The molecule has 2 N–H and O–H groups in total. The molecule has 1 unspecified atom stereocenters. The van der Waals surface area contributed by atoms with Crippen LogP contribution in [0.3, 0.4) is 0 Å². The monoisotopic (exact) mass is 308 g/mol. The van der Waals surface area contributed by atoms with Gasteiger partial charge in [0.2, 0.25) is 10.0 Å². The molecule has 0 fully saturated rings. The van der Waals surface area contributed by atoms with Gasteiger partial charge in [0.1, 0.15) is 0 Å². The van der Waals surface area contributed by atoms with Gasteiger partial charge in [0.25, 0.3) is 0 Å². The van der Waals surface area contributed by atoms with Crippen LogP contribution in [0.1, 0.15) is 25.5 Å². The van der Waals surface area contributed by atoms with Crippen molar-refractivity contribution in [2.45, 2.75) is 19.9 Å². The summed E-state index contributed by atoms with van der Waals surface area (Å²) in [7, 11) is -1.36. The quantitative estimate of drug-likeness (QED) is 0.859. The van der Waals surface area contributed by atoms with E-state index in [1.165, 1.54) is 0 Å². The molecule has 114 valence electrons. The zero-order valence-corrected chi connectivity index (χ0v) is 13.2. The van der Waals surface area contributed by atoms with E-state index in [2.05, 4.69) is 15.1 Å². The molecule has 0 aliphatic rings. The Morgan fingerprint density at radius 2 is 1.90 bits per heavy atom. The van der Waals surface area contributed by atoms with Gasteiger partial charge >= 0.3 is 0 Å². The molecular weight excluding hydrogens is 288 g/mol. The normalized spacial score (nSPS) is 12.9. The van der Waals surface area contributed by atoms with E-state index in [1.54, 1.807) is 29.9 Å². The molecule has 1 aromatic carbocycles. The zero-order valence-electron chi connectivity index (χ0n) is 12.4. The predicted octanol–water partition coefficient (Wildman–Crippen LogP) is 2.35. The first-order chi connectivity index (χ1) is 9.89. The van der Waals surface area contributed by atoms with E-state index >= 15 is 0 Å². The number of hydrogen-bond acceptors (Lipinski definition) is 4. The van der Waals surface area contributed by atoms with Gasteiger partial charge in [-0.2, -0.15) is 5.10 Å². The minimum absolute atomic E-state index is 0.0632. The molecule has 6 nitrogen and oxygen atoms in total. The molecule has 1 atom stereocenters. The van der Waals surface area contributed by atoms with Gasteiger partial charge in [-0.1, -0.05) is 12.1 Å². The molecule has 0 radical (unpaired) electrons. The molecule has 0 aliphatic carbocycles. The number of aromatic nitrogens is 2. The van der Waals surface area contributed by atoms with Gasteiger partial charge in [0, 0.05) is 25.0 Å². The van der Waals surface area contributed by atoms with E-state index in [1.807, 2.05) is 32.3 Å². The summed E-state index contributed by atoms with van der Waals surface area (Å²) in [5.41, 5.74) is 2.59. The van der Waals surface area contributed by atoms with Gasteiger partial charge in [-0.05, 0) is 31.5 Å². The molecule has 0 spiro atoms. The molecular formula is C14H20N4O2S. The molecule has 0 bridgehead atoms. The van der Waals surface area contributed by atoms with Crippen molar-refractivity contribution in [1.82, 2.24) is 9.78 Å². The van der Waals surface area contributed by atoms with Crippen molar-refractivity contribution in [1.29, 1.82) is 0 Å². The van der Waals surface area contributed by atoms with E-state index in [4.69, 9.17) is 0 Å². The number of hydrogen-bond donors (Lipinski definition) is 2. The Morgan fingerprint density at radius 3 is 2.43 bits per heavy atom. The Bertz CT molecular complexity index is 692. The summed E-state index contributed by atoms with van der Waals surface area (Å²) in [6.07, 6.45) is 3.67. The van der Waals surface area contributed by atoms with Gasteiger partial charge in [-0.15, -0.1) is 0 Å². The van der Waals surface area contributed by atoms with E-state index in [0.717, 1.165) is 11.3 Å². The minimum atomic E-state index is -3.23. The third-order valence-electron chi connectivity index (χ3n) is 3.15. The summed E-state index contributed by atoms with van der Waals surface area (Å²) in [5.74, 6) is 0.0632. The number of benzene rings is 1. The lowest BCUT2D eigenvalue weighted by Gasteiger charge is -2.15. The van der Waals surface area contributed by atoms with Gasteiger partial charge in [-0.25, -0.2) is 8.42 Å². The molecule has 7 heteroatoms. The molecule has 2 rings (SSSR count). The van der Waals surface area contributed by atoms with Crippen LogP contribution in [0.4, 0.5) is 11.4 Å². The maximum Gasteiger partial charge on any atom is 0.232 e. The average Bonchev–Trinajstić information content (AvgIpc) is 2.84. The van der Waals surface area contributed by atoms with Crippen molar-refractivity contribution in [2.75, 3.05) is 15.8 Å². The Morgan fingerprint density at radius 1 is 1.24 bits per heavy atom. The van der Waals surface area contributed by atoms with Crippen molar-refractivity contribution >= 4 is 21.4 Å². The second-order valence-corrected chi connectivity index (χ2v) is 6.91. The summed E-state index contributed by atoms with van der Waals surface area (Å²) in [5, 5.41) is 7.44. The van der Waals surface area contributed by atoms with Crippen molar-refractivity contribution < 1.29 is 8.42 Å². The van der Waals surface area contributed by atoms with Crippen molar-refractivity contribution in [3.05, 3.63) is 42.2 Å². The number of rotatable bonds is 6. The molecule has 1 aromatic heterocycles. The van der Waals surface area contributed by atoms with Crippen LogP contribution in [0, 0.1) is 0 Å². The Hall–Kier alpha value is -2.02. The van der Waals surface area contributed by atoms with Crippen molar-refractivity contribution in [3.8, 4) is 0 Å². The molecule has 21 heavy (non-hydrogen) atoms. The fraction of sp³-hybridized carbons (Fsp3) is 0.357. The van der Waals surface area contributed by atoms with Gasteiger partial charge in [0.15, 0.2) is 0 Å². The predicted molar refractivity (Wildman–Crippen MR) is 84.8 cm³/mol. The molecule has 0 amide bonds. The van der Waals surface area contributed by atoms with Crippen LogP contribution in [-0.2, 0) is 17.1 Å². The largest absolute Gasteiger partial charge is 0.376 e. The van der Waals surface area contributed by atoms with Crippen LogP contribution in [0.25, 0.3) is 0 Å². The zero-order chi connectivity index (χ0) is 15.5. The fourth-order valence-electron chi connectivity index (χ4n) is 1.92. The average molecular weight is 308 g/mol. The van der Waals surface area contributed by atoms with Crippen molar-refractivity contribution in [2.24, 2.45) is 7.05 Å². The maximum atomic E-state index is 11.5. The first-order valence-corrected chi connectivity index (χ1v) is 8.40. The second-order valence-electron chi connectivity index (χ2n) is 4.90. The van der Waals surface area contributed by atoms with Crippen LogP contribution in [0.15, 0.2) is 36.7 Å².